The van der Waals surface area contributed by atoms with Crippen molar-refractivity contribution >= 4 is 76.2 Å². The Morgan fingerprint density at radius 1 is 0.808 bits per heavy atom. The molecule has 0 aromatic heterocycles. The summed E-state index contributed by atoms with van der Waals surface area (Å²) in [6.07, 6.45) is 0.458. The van der Waals surface area contributed by atoms with Crippen LogP contribution < -0.4 is 14.9 Å². The fourth-order valence-corrected chi connectivity index (χ4v) is 11.7. The minimum absolute atomic E-state index is 0.0473. The highest BCUT2D eigenvalue weighted by atomic mass is 35.5. The SMILES string of the molecule is O=C(NS(=O)(=O)c1ccc(N[C@@H](CCN(CCOP(=O)(O)O)CCOP(=O)(O)O)CSc2ccccc2)c(S(=O)(=O)C(F)(F)F)c1)c1ccc(N2CCC([C@H](O)c3ccccc3-c3ccc(Cl)cc3)CC2)cc1. The Labute approximate surface area is 429 Å². The molecule has 6 rings (SSSR count). The molecule has 5 aromatic carbocycles. The lowest BCUT2D eigenvalue weighted by atomic mass is 9.84. The van der Waals surface area contributed by atoms with Crippen molar-refractivity contribution in [3.8, 4) is 11.1 Å². The molecule has 27 heteroatoms. The number of aliphatic hydroxyl groups is 1. The summed E-state index contributed by atoms with van der Waals surface area (Å²) in [6.45, 7) is -0.529. The predicted octanol–water partition coefficient (Wildman–Crippen LogP) is 7.85. The lowest BCUT2D eigenvalue weighted by Gasteiger charge is -2.36. The average Bonchev–Trinajstić information content (AvgIpc) is 3.33. The maximum atomic E-state index is 14.3. The second-order valence-corrected chi connectivity index (χ2v) is 24.3. The van der Waals surface area contributed by atoms with Gasteiger partial charge in [0, 0.05) is 65.7 Å². The molecule has 0 aliphatic carbocycles. The Bertz CT molecular complexity index is 2960. The first-order valence-electron chi connectivity index (χ1n) is 22.3. The standard InChI is InChI=1S/C46H52ClF3N4O14P2S3/c47-35-14-10-32(11-15-35)40-8-4-5-9-41(40)44(55)33-20-24-54(25-21-33)37-16-12-34(13-17-37)45(56)52-73(65,66)39-18-19-42(43(30-39)72(63,64)46(48,49)50)51-36(31-71-38-6-2-1-3-7-38)22-23-53(26-28-67-69(57,58)59)27-29-68-70(60,61)62/h1-19,30,33,36,44,51,55H,20-29,31H2,(H,52,56)(H2,57,58,59)(H2,60,61,62)/t36-,44-/m0/s1. The lowest BCUT2D eigenvalue weighted by Crippen LogP contribution is -2.36. The molecule has 5 aromatic rings. The van der Waals surface area contributed by atoms with Crippen LogP contribution in [0.3, 0.4) is 0 Å². The van der Waals surface area contributed by atoms with E-state index in [0.717, 1.165) is 28.8 Å². The van der Waals surface area contributed by atoms with Crippen LogP contribution in [0.1, 0.15) is 41.3 Å². The minimum atomic E-state index is -6.28. The highest BCUT2D eigenvalue weighted by molar-refractivity contribution is 7.99. The van der Waals surface area contributed by atoms with Crippen LogP contribution in [-0.2, 0) is 38.0 Å². The van der Waals surface area contributed by atoms with E-state index in [1.807, 2.05) is 41.3 Å². The lowest BCUT2D eigenvalue weighted by molar-refractivity contribution is -0.0436. The molecule has 1 aliphatic rings. The summed E-state index contributed by atoms with van der Waals surface area (Å²) >= 11 is 7.31. The number of alkyl halides is 3. The van der Waals surface area contributed by atoms with E-state index in [-0.39, 0.29) is 49.4 Å². The first kappa shape index (κ1) is 57.9. The highest BCUT2D eigenvalue weighted by Crippen LogP contribution is 2.40. The van der Waals surface area contributed by atoms with Gasteiger partial charge in [-0.2, -0.15) is 13.2 Å². The number of nitrogens with zero attached hydrogens (tertiary/aromatic N) is 2. The molecule has 0 radical (unpaired) electrons. The molecule has 0 bridgehead atoms. The Morgan fingerprint density at radius 3 is 1.99 bits per heavy atom. The van der Waals surface area contributed by atoms with Gasteiger partial charge in [-0.25, -0.2) is 30.7 Å². The van der Waals surface area contributed by atoms with Crippen molar-refractivity contribution in [2.24, 2.45) is 5.92 Å². The number of hydrogen-bond acceptors (Lipinski definition) is 14. The number of carbonyl (C=O) groups is 1. The van der Waals surface area contributed by atoms with E-state index in [0.29, 0.717) is 41.5 Å². The van der Waals surface area contributed by atoms with Crippen LogP contribution in [0.5, 0.6) is 0 Å². The van der Waals surface area contributed by atoms with Crippen LogP contribution in [0.2, 0.25) is 5.02 Å². The van der Waals surface area contributed by atoms with E-state index in [4.69, 9.17) is 31.2 Å². The average molecular weight is 1140 g/mol. The molecule has 7 N–H and O–H groups in total. The number of phosphoric ester groups is 2. The number of carbonyl (C=O) groups excluding carboxylic acids is 1. The van der Waals surface area contributed by atoms with Gasteiger partial charge in [-0.1, -0.05) is 66.2 Å². The first-order chi connectivity index (χ1) is 34.3. The number of thioether (sulfide) groups is 1. The fraction of sp³-hybridized carbons (Fsp3) is 0.326. The molecule has 0 saturated carbocycles. The van der Waals surface area contributed by atoms with E-state index in [1.165, 1.54) is 28.8 Å². The van der Waals surface area contributed by atoms with Crippen molar-refractivity contribution in [1.29, 1.82) is 0 Å². The summed E-state index contributed by atoms with van der Waals surface area (Å²) in [4.78, 5) is 51.7. The van der Waals surface area contributed by atoms with E-state index in [9.17, 15) is 49.0 Å². The summed E-state index contributed by atoms with van der Waals surface area (Å²) in [5, 5.41) is 14.9. The second kappa shape index (κ2) is 25.0. The Morgan fingerprint density at radius 2 is 1.40 bits per heavy atom. The van der Waals surface area contributed by atoms with Gasteiger partial charge in [0.2, 0.25) is 0 Å². The number of nitrogens with one attached hydrogen (secondary N) is 2. The maximum Gasteiger partial charge on any atom is 0.501 e. The smallest absolute Gasteiger partial charge is 0.388 e. The van der Waals surface area contributed by atoms with Crippen LogP contribution in [0.25, 0.3) is 11.1 Å². The van der Waals surface area contributed by atoms with Gasteiger partial charge in [0.15, 0.2) is 0 Å². The van der Waals surface area contributed by atoms with Gasteiger partial charge in [0.25, 0.3) is 25.8 Å². The predicted molar refractivity (Wildman–Crippen MR) is 269 cm³/mol. The largest absolute Gasteiger partial charge is 0.501 e. The number of sulfonamides is 1. The van der Waals surface area contributed by atoms with Crippen molar-refractivity contribution in [2.45, 2.75) is 51.6 Å². The number of anilines is 2. The molecule has 1 saturated heterocycles. The number of sulfone groups is 1. The number of phosphoric acid groups is 2. The monoisotopic (exact) mass is 1130 g/mol. The molecule has 396 valence electrons. The molecular weight excluding hydrogens is 1080 g/mol. The third-order valence-electron chi connectivity index (χ3n) is 11.7. The van der Waals surface area contributed by atoms with Gasteiger partial charge in [-0.3, -0.25) is 18.7 Å². The van der Waals surface area contributed by atoms with Gasteiger partial charge in [-0.05, 0) is 109 Å². The van der Waals surface area contributed by atoms with Crippen LogP contribution in [0.4, 0.5) is 24.5 Å². The van der Waals surface area contributed by atoms with Crippen LogP contribution in [0.15, 0.2) is 136 Å². The zero-order valence-electron chi connectivity index (χ0n) is 38.5. The first-order valence-corrected chi connectivity index (χ1v) is 29.7. The number of amides is 1. The van der Waals surface area contributed by atoms with Gasteiger partial charge < -0.3 is 34.9 Å². The van der Waals surface area contributed by atoms with Crippen molar-refractivity contribution in [3.05, 3.63) is 137 Å². The van der Waals surface area contributed by atoms with E-state index >= 15 is 0 Å². The Kier molecular flexibility index (Phi) is 19.8. The molecule has 18 nitrogen and oxygen atoms in total. The van der Waals surface area contributed by atoms with Crippen molar-refractivity contribution < 1.29 is 77.7 Å². The van der Waals surface area contributed by atoms with E-state index in [2.05, 4.69) is 14.4 Å². The van der Waals surface area contributed by atoms with Crippen molar-refractivity contribution in [3.63, 3.8) is 0 Å². The fourth-order valence-electron chi connectivity index (χ4n) is 7.96. The molecular formula is C46H52ClF3N4O14P2S3. The topological polar surface area (TPSA) is 270 Å². The quantitative estimate of drug-likeness (QED) is 0.0229. The molecule has 1 fully saturated rings. The molecule has 1 amide bonds. The number of rotatable bonds is 24. The van der Waals surface area contributed by atoms with Gasteiger partial charge in [0.05, 0.1) is 29.9 Å². The summed E-state index contributed by atoms with van der Waals surface area (Å²) in [5.41, 5.74) is -3.40. The third-order valence-corrected chi connectivity index (χ3v) is 17.0. The number of hydrogen-bond donors (Lipinski definition) is 7. The maximum absolute atomic E-state index is 14.3. The van der Waals surface area contributed by atoms with Crippen LogP contribution in [-0.4, -0.2) is 116 Å². The normalized spacial score (nSPS) is 15.0. The molecule has 0 spiro atoms. The zero-order valence-corrected chi connectivity index (χ0v) is 43.5. The highest BCUT2D eigenvalue weighted by Gasteiger charge is 2.48. The molecule has 0 unspecified atom stereocenters. The van der Waals surface area contributed by atoms with Crippen molar-refractivity contribution in [1.82, 2.24) is 9.62 Å². The summed E-state index contributed by atoms with van der Waals surface area (Å²) in [5.74, 6) is -1.17. The van der Waals surface area contributed by atoms with Gasteiger partial charge >= 0.3 is 21.2 Å². The second-order valence-electron chi connectivity index (χ2n) is 16.7. The Balaban J connectivity index is 1.16. The molecule has 73 heavy (non-hydrogen) atoms. The zero-order chi connectivity index (χ0) is 53.2. The number of aliphatic hydroxyl groups excluding tert-OH is 1. The number of piperidine rings is 1. The van der Waals surface area contributed by atoms with Crippen molar-refractivity contribution in [2.75, 3.05) is 61.9 Å². The van der Waals surface area contributed by atoms with E-state index in [1.54, 1.807) is 59.3 Å². The molecule has 1 aliphatic heterocycles. The van der Waals surface area contributed by atoms with Crippen LogP contribution >= 0.6 is 39.0 Å². The third kappa shape index (κ3) is 16.8. The summed E-state index contributed by atoms with van der Waals surface area (Å²) in [6, 6.07) is 30.5. The summed E-state index contributed by atoms with van der Waals surface area (Å²) in [7, 11) is -21.2. The Hall–Kier alpha value is -4.36. The number of halogens is 4. The number of benzene rings is 5. The van der Waals surface area contributed by atoms with Gasteiger partial charge in [0.1, 0.15) is 4.90 Å². The molecule has 1 heterocycles. The summed E-state index contributed by atoms with van der Waals surface area (Å²) < 4.78 is 130. The van der Waals surface area contributed by atoms with Crippen LogP contribution in [0, 0.1) is 5.92 Å². The molecule has 2 atom stereocenters. The van der Waals surface area contributed by atoms with Gasteiger partial charge in [-0.15, -0.1) is 11.8 Å². The minimum Gasteiger partial charge on any atom is -0.388 e. The van der Waals surface area contributed by atoms with E-state index < -0.39 is 87.8 Å².